The monoisotopic (exact) mass is 296 g/mol. The number of nitrogens with zero attached hydrogens (tertiary/aromatic N) is 2. The van der Waals surface area contributed by atoms with Crippen LogP contribution < -0.4 is 0 Å². The second kappa shape index (κ2) is 5.89. The number of benzene rings is 2. The predicted octanol–water partition coefficient (Wildman–Crippen LogP) is 4.61. The van der Waals surface area contributed by atoms with Crippen LogP contribution in [0.1, 0.15) is 0 Å². The van der Waals surface area contributed by atoms with Crippen molar-refractivity contribution in [3.63, 3.8) is 0 Å². The number of rotatable bonds is 3. The summed E-state index contributed by atoms with van der Waals surface area (Å²) >= 11 is 0. The van der Waals surface area contributed by atoms with Gasteiger partial charge in [0.2, 0.25) is 0 Å². The highest BCUT2D eigenvalue weighted by Crippen LogP contribution is 2.37. The van der Waals surface area contributed by atoms with Crippen LogP contribution in [0.4, 0.5) is 0 Å². The van der Waals surface area contributed by atoms with Gasteiger partial charge in [-0.2, -0.15) is 0 Å². The van der Waals surface area contributed by atoms with Gasteiger partial charge >= 0.3 is 0 Å². The van der Waals surface area contributed by atoms with E-state index in [-0.39, 0.29) is 0 Å². The molecule has 2 aromatic carbocycles. The van der Waals surface area contributed by atoms with Gasteiger partial charge in [0.15, 0.2) is 5.82 Å². The van der Waals surface area contributed by atoms with Gasteiger partial charge < -0.3 is 4.98 Å². The third kappa shape index (κ3) is 2.53. The average Bonchev–Trinajstić information content (AvgIpc) is 3.09. The van der Waals surface area contributed by atoms with Crippen molar-refractivity contribution in [2.24, 2.45) is 0 Å². The fraction of sp³-hybridized carbons (Fsp3) is 0. The van der Waals surface area contributed by atoms with Crippen LogP contribution in [0, 0.1) is 6.20 Å². The van der Waals surface area contributed by atoms with Crippen molar-refractivity contribution in [2.45, 2.75) is 0 Å². The first-order valence-electron chi connectivity index (χ1n) is 7.45. The van der Waals surface area contributed by atoms with Crippen LogP contribution in [0.25, 0.3) is 33.8 Å². The van der Waals surface area contributed by atoms with Gasteiger partial charge in [-0.25, -0.2) is 9.97 Å². The molecule has 0 aliphatic carbocycles. The minimum Gasteiger partial charge on any atom is -0.352 e. The molecule has 0 atom stereocenters. The van der Waals surface area contributed by atoms with Gasteiger partial charge in [0.05, 0.1) is 17.5 Å². The Morgan fingerprint density at radius 1 is 0.696 bits per heavy atom. The molecule has 0 amide bonds. The standard InChI is InChI=1S/C20H14N3/c1-3-8-15(9-4-1)17-14-23-19(16-10-5-2-6-11-16)18(17)20-21-12-7-13-22-20/h1-13,23H. The van der Waals surface area contributed by atoms with Gasteiger partial charge in [-0.05, 0) is 17.2 Å². The molecule has 0 fully saturated rings. The summed E-state index contributed by atoms with van der Waals surface area (Å²) in [5.41, 5.74) is 5.12. The first kappa shape index (κ1) is 13.5. The summed E-state index contributed by atoms with van der Waals surface area (Å²) in [6.45, 7) is 0. The lowest BCUT2D eigenvalue weighted by Crippen LogP contribution is -1.90. The molecule has 23 heavy (non-hydrogen) atoms. The molecule has 0 saturated carbocycles. The normalized spacial score (nSPS) is 10.6. The van der Waals surface area contributed by atoms with Crippen molar-refractivity contribution in [3.8, 4) is 33.8 Å². The SMILES string of the molecule is [c]1[nH]c(-c2ccccc2)c(-c2ncccn2)c1-c1ccccc1. The lowest BCUT2D eigenvalue weighted by molar-refractivity contribution is 1.18. The van der Waals surface area contributed by atoms with E-state index < -0.39 is 0 Å². The molecule has 0 bridgehead atoms. The molecular weight excluding hydrogens is 282 g/mol. The summed E-state index contributed by atoms with van der Waals surface area (Å²) < 4.78 is 0. The van der Waals surface area contributed by atoms with E-state index in [1.807, 2.05) is 42.5 Å². The lowest BCUT2D eigenvalue weighted by Gasteiger charge is -2.06. The van der Waals surface area contributed by atoms with E-state index in [0.717, 1.165) is 27.9 Å². The van der Waals surface area contributed by atoms with Gasteiger partial charge in [0.1, 0.15) is 0 Å². The molecule has 0 unspecified atom stereocenters. The molecule has 3 nitrogen and oxygen atoms in total. The zero-order chi connectivity index (χ0) is 15.5. The second-order valence-electron chi connectivity index (χ2n) is 5.18. The third-order valence-corrected chi connectivity index (χ3v) is 3.73. The minimum absolute atomic E-state index is 0.697. The lowest BCUT2D eigenvalue weighted by atomic mass is 9.99. The zero-order valence-corrected chi connectivity index (χ0v) is 12.4. The van der Waals surface area contributed by atoms with Gasteiger partial charge in [0.25, 0.3) is 0 Å². The molecule has 0 spiro atoms. The maximum absolute atomic E-state index is 4.44. The Hall–Kier alpha value is -3.20. The van der Waals surface area contributed by atoms with Gasteiger partial charge in [-0.3, -0.25) is 0 Å². The van der Waals surface area contributed by atoms with Crippen LogP contribution in [0.15, 0.2) is 79.1 Å². The summed E-state index contributed by atoms with van der Waals surface area (Å²) in [4.78, 5) is 12.2. The van der Waals surface area contributed by atoms with Crippen LogP contribution in [-0.4, -0.2) is 15.0 Å². The van der Waals surface area contributed by atoms with E-state index in [1.54, 1.807) is 12.4 Å². The fourth-order valence-electron chi connectivity index (χ4n) is 2.67. The molecule has 4 aromatic rings. The summed E-state index contributed by atoms with van der Waals surface area (Å²) in [5.74, 6) is 0.697. The number of nitrogens with one attached hydrogen (secondary N) is 1. The van der Waals surface area contributed by atoms with Crippen molar-refractivity contribution in [2.75, 3.05) is 0 Å². The van der Waals surface area contributed by atoms with E-state index in [9.17, 15) is 0 Å². The number of aromatic nitrogens is 3. The molecule has 2 heterocycles. The number of aromatic amines is 1. The van der Waals surface area contributed by atoms with Crippen LogP contribution in [0.3, 0.4) is 0 Å². The van der Waals surface area contributed by atoms with Crippen molar-refractivity contribution in [3.05, 3.63) is 85.3 Å². The maximum atomic E-state index is 4.44. The highest BCUT2D eigenvalue weighted by atomic mass is 14.9. The molecular formula is C20H14N3. The summed E-state index contributed by atoms with van der Waals surface area (Å²) in [6, 6.07) is 22.2. The predicted molar refractivity (Wildman–Crippen MR) is 91.5 cm³/mol. The Morgan fingerprint density at radius 2 is 1.30 bits per heavy atom. The van der Waals surface area contributed by atoms with Crippen LogP contribution in [0.5, 0.6) is 0 Å². The highest BCUT2D eigenvalue weighted by molar-refractivity contribution is 5.90. The quantitative estimate of drug-likeness (QED) is 0.600. The smallest absolute Gasteiger partial charge is 0.161 e. The Balaban J connectivity index is 1.97. The van der Waals surface area contributed by atoms with Gasteiger partial charge in [-0.15, -0.1) is 0 Å². The Kier molecular flexibility index (Phi) is 3.45. The second-order valence-corrected chi connectivity index (χ2v) is 5.18. The Morgan fingerprint density at radius 3 is 1.96 bits per heavy atom. The molecule has 0 saturated heterocycles. The van der Waals surface area contributed by atoms with E-state index >= 15 is 0 Å². The number of H-pyrrole nitrogens is 1. The number of hydrogen-bond acceptors (Lipinski definition) is 2. The van der Waals surface area contributed by atoms with Crippen molar-refractivity contribution < 1.29 is 0 Å². The largest absolute Gasteiger partial charge is 0.352 e. The highest BCUT2D eigenvalue weighted by Gasteiger charge is 2.18. The molecule has 109 valence electrons. The van der Waals surface area contributed by atoms with Crippen molar-refractivity contribution in [1.29, 1.82) is 0 Å². The van der Waals surface area contributed by atoms with Crippen LogP contribution >= 0.6 is 0 Å². The summed E-state index contributed by atoms with van der Waals surface area (Å²) in [6.07, 6.45) is 6.81. The first-order chi connectivity index (χ1) is 11.4. The minimum atomic E-state index is 0.697. The van der Waals surface area contributed by atoms with Crippen molar-refractivity contribution in [1.82, 2.24) is 15.0 Å². The Labute approximate surface area is 134 Å². The van der Waals surface area contributed by atoms with E-state index in [2.05, 4.69) is 45.4 Å². The zero-order valence-electron chi connectivity index (χ0n) is 12.4. The molecule has 4 rings (SSSR count). The molecule has 0 aliphatic heterocycles. The van der Waals surface area contributed by atoms with Crippen LogP contribution in [-0.2, 0) is 0 Å². The third-order valence-electron chi connectivity index (χ3n) is 3.73. The molecule has 0 aliphatic rings. The fourth-order valence-corrected chi connectivity index (χ4v) is 2.67. The van der Waals surface area contributed by atoms with E-state index in [0.29, 0.717) is 5.82 Å². The molecule has 1 radical (unpaired) electrons. The average molecular weight is 296 g/mol. The summed E-state index contributed by atoms with van der Waals surface area (Å²) in [7, 11) is 0. The topological polar surface area (TPSA) is 41.6 Å². The molecule has 1 N–H and O–H groups in total. The van der Waals surface area contributed by atoms with Gasteiger partial charge in [0, 0.05) is 18.0 Å². The van der Waals surface area contributed by atoms with E-state index in [1.165, 1.54) is 0 Å². The van der Waals surface area contributed by atoms with Gasteiger partial charge in [-0.1, -0.05) is 60.7 Å². The number of hydrogen-bond donors (Lipinski definition) is 1. The van der Waals surface area contributed by atoms with Crippen LogP contribution in [0.2, 0.25) is 0 Å². The summed E-state index contributed by atoms with van der Waals surface area (Å²) in [5, 5.41) is 0. The first-order valence-corrected chi connectivity index (χ1v) is 7.45. The molecule has 3 heteroatoms. The molecule has 2 aromatic heterocycles. The Bertz CT molecular complexity index is 841. The van der Waals surface area contributed by atoms with Crippen molar-refractivity contribution >= 4 is 0 Å². The van der Waals surface area contributed by atoms with E-state index in [4.69, 9.17) is 0 Å². The maximum Gasteiger partial charge on any atom is 0.161 e.